The number of methoxy groups -OCH3 is 2. The van der Waals surface area contributed by atoms with Crippen molar-refractivity contribution in [1.29, 1.82) is 0 Å². The summed E-state index contributed by atoms with van der Waals surface area (Å²) in [6, 6.07) is 12.4. The van der Waals surface area contributed by atoms with Crippen LogP contribution in [-0.4, -0.2) is 33.2 Å². The lowest BCUT2D eigenvalue weighted by atomic mass is 10.1. The van der Waals surface area contributed by atoms with Crippen molar-refractivity contribution in [2.75, 3.05) is 28.3 Å². The molecule has 3 nitrogen and oxygen atoms in total. The van der Waals surface area contributed by atoms with E-state index in [-0.39, 0.29) is 0 Å². The number of rotatable bonds is 5. The van der Waals surface area contributed by atoms with Crippen LogP contribution in [0.4, 0.5) is 0 Å². The van der Waals surface area contributed by atoms with E-state index < -0.39 is 0 Å². The number of nitrogens with zero attached hydrogens (tertiary/aromatic N) is 1. The van der Waals surface area contributed by atoms with Gasteiger partial charge in [-0.2, -0.15) is 0 Å². The second-order valence-corrected chi connectivity index (χ2v) is 7.46. The highest BCUT2D eigenvalue weighted by atomic mass is 127. The van der Waals surface area contributed by atoms with Crippen LogP contribution < -0.4 is 9.47 Å². The molecule has 0 saturated carbocycles. The van der Waals surface area contributed by atoms with Crippen molar-refractivity contribution in [2.24, 2.45) is 0 Å². The Kier molecular flexibility index (Phi) is 6.58. The first-order chi connectivity index (χ1) is 11.0. The van der Waals surface area contributed by atoms with Crippen LogP contribution in [0.5, 0.6) is 11.5 Å². The summed E-state index contributed by atoms with van der Waals surface area (Å²) >= 11 is 4.70. The summed E-state index contributed by atoms with van der Waals surface area (Å²) in [5, 5.41) is 0. The second-order valence-electron chi connectivity index (χ2n) is 5.13. The van der Waals surface area contributed by atoms with E-state index in [1.807, 2.05) is 12.1 Å². The topological polar surface area (TPSA) is 21.7 Å². The van der Waals surface area contributed by atoms with E-state index in [2.05, 4.69) is 94.5 Å². The molecule has 2 rings (SSSR count). The fourth-order valence-corrected chi connectivity index (χ4v) is 3.50. The molecule has 0 aromatic heterocycles. The van der Waals surface area contributed by atoms with Crippen molar-refractivity contribution >= 4 is 57.0 Å². The van der Waals surface area contributed by atoms with Crippen LogP contribution in [0.3, 0.4) is 0 Å². The summed E-state index contributed by atoms with van der Waals surface area (Å²) in [6.07, 6.45) is 2.18. The molecule has 0 N–H and O–H groups in total. The first kappa shape index (κ1) is 18.4. The van der Waals surface area contributed by atoms with Crippen LogP contribution in [0.1, 0.15) is 11.1 Å². The van der Waals surface area contributed by atoms with Gasteiger partial charge in [0.25, 0.3) is 0 Å². The van der Waals surface area contributed by atoms with Crippen LogP contribution in [-0.2, 0) is 0 Å². The molecule has 0 saturated heterocycles. The minimum atomic E-state index is 0.736. The minimum absolute atomic E-state index is 0.736. The Bertz CT molecular complexity index is 727. The van der Waals surface area contributed by atoms with Crippen molar-refractivity contribution < 1.29 is 9.47 Å². The number of benzene rings is 2. The Labute approximate surface area is 164 Å². The predicted octanol–water partition coefficient (Wildman–Crippen LogP) is 4.97. The lowest BCUT2D eigenvalue weighted by Crippen LogP contribution is -2.11. The lowest BCUT2D eigenvalue weighted by molar-refractivity contribution is 0.354. The third kappa shape index (κ3) is 4.32. The standard InChI is InChI=1S/C18H19I2NO2/c1-21(2)16(13-7-5-6-8-14(13)19)9-12-10-17(22-3)18(23-4)11-15(12)20/h5-11H,1-4H3/b16-9+. The van der Waals surface area contributed by atoms with Crippen molar-refractivity contribution in [1.82, 2.24) is 4.90 Å². The van der Waals surface area contributed by atoms with E-state index in [4.69, 9.17) is 9.47 Å². The maximum atomic E-state index is 5.43. The summed E-state index contributed by atoms with van der Waals surface area (Å²) in [5.74, 6) is 1.48. The SMILES string of the molecule is COc1cc(I)c(/C=C(\c2ccccc2I)N(C)C)cc1OC. The van der Waals surface area contributed by atoms with Gasteiger partial charge in [0.15, 0.2) is 11.5 Å². The first-order valence-corrected chi connectivity index (χ1v) is 9.19. The molecule has 5 heteroatoms. The van der Waals surface area contributed by atoms with Gasteiger partial charge in [-0.1, -0.05) is 18.2 Å². The van der Waals surface area contributed by atoms with E-state index in [0.29, 0.717) is 0 Å². The molecule has 122 valence electrons. The summed E-state index contributed by atoms with van der Waals surface area (Å²) in [7, 11) is 7.43. The van der Waals surface area contributed by atoms with Crippen LogP contribution in [0.25, 0.3) is 11.8 Å². The largest absolute Gasteiger partial charge is 0.493 e. The maximum Gasteiger partial charge on any atom is 0.161 e. The molecular weight excluding hydrogens is 516 g/mol. The highest BCUT2D eigenvalue weighted by molar-refractivity contribution is 14.1. The summed E-state index contributed by atoms with van der Waals surface area (Å²) < 4.78 is 13.1. The summed E-state index contributed by atoms with van der Waals surface area (Å²) in [4.78, 5) is 2.13. The van der Waals surface area contributed by atoms with Crippen LogP contribution >= 0.6 is 45.2 Å². The van der Waals surface area contributed by atoms with E-state index in [0.717, 1.165) is 26.3 Å². The Hall–Kier alpha value is -0.960. The summed E-state index contributed by atoms with van der Waals surface area (Å²) in [5.41, 5.74) is 3.47. The molecule has 0 radical (unpaired) electrons. The monoisotopic (exact) mass is 535 g/mol. The quantitative estimate of drug-likeness (QED) is 0.399. The van der Waals surface area contributed by atoms with Crippen molar-refractivity contribution in [3.63, 3.8) is 0 Å². The van der Waals surface area contributed by atoms with Crippen molar-refractivity contribution in [3.05, 3.63) is 54.7 Å². The van der Waals surface area contributed by atoms with E-state index in [1.165, 1.54) is 9.13 Å². The number of ether oxygens (including phenoxy) is 2. The van der Waals surface area contributed by atoms with Gasteiger partial charge in [-0.15, -0.1) is 0 Å². The van der Waals surface area contributed by atoms with E-state index in [1.54, 1.807) is 14.2 Å². The van der Waals surface area contributed by atoms with Crippen LogP contribution in [0.2, 0.25) is 0 Å². The molecule has 0 amide bonds. The molecule has 0 aliphatic heterocycles. The van der Waals surface area contributed by atoms with Gasteiger partial charge < -0.3 is 14.4 Å². The minimum Gasteiger partial charge on any atom is -0.493 e. The van der Waals surface area contributed by atoms with Crippen molar-refractivity contribution in [3.8, 4) is 11.5 Å². The third-order valence-electron chi connectivity index (χ3n) is 3.43. The average molecular weight is 535 g/mol. The molecule has 0 unspecified atom stereocenters. The number of hydrogen-bond donors (Lipinski definition) is 0. The zero-order valence-electron chi connectivity index (χ0n) is 13.6. The lowest BCUT2D eigenvalue weighted by Gasteiger charge is -2.20. The van der Waals surface area contributed by atoms with Gasteiger partial charge in [0, 0.05) is 32.5 Å². The molecule has 2 aromatic rings. The molecule has 0 fully saturated rings. The van der Waals surface area contributed by atoms with Gasteiger partial charge in [0.05, 0.1) is 14.2 Å². The fourth-order valence-electron chi connectivity index (χ4n) is 2.24. The molecule has 0 spiro atoms. The highest BCUT2D eigenvalue weighted by Gasteiger charge is 2.12. The van der Waals surface area contributed by atoms with Gasteiger partial charge in [0.2, 0.25) is 0 Å². The Morgan fingerprint density at radius 1 is 0.957 bits per heavy atom. The molecule has 0 heterocycles. The zero-order chi connectivity index (χ0) is 17.0. The molecule has 0 aliphatic rings. The fraction of sp³-hybridized carbons (Fsp3) is 0.222. The van der Waals surface area contributed by atoms with E-state index in [9.17, 15) is 0 Å². The normalized spacial score (nSPS) is 11.3. The van der Waals surface area contributed by atoms with Crippen LogP contribution in [0, 0.1) is 7.14 Å². The maximum absolute atomic E-state index is 5.43. The first-order valence-electron chi connectivity index (χ1n) is 7.03. The zero-order valence-corrected chi connectivity index (χ0v) is 17.9. The Morgan fingerprint density at radius 3 is 2.13 bits per heavy atom. The number of hydrogen-bond acceptors (Lipinski definition) is 3. The van der Waals surface area contributed by atoms with Gasteiger partial charge in [-0.05, 0) is 75.0 Å². The second kappa shape index (κ2) is 8.23. The van der Waals surface area contributed by atoms with Gasteiger partial charge >= 0.3 is 0 Å². The summed E-state index contributed by atoms with van der Waals surface area (Å²) in [6.45, 7) is 0. The molecule has 2 aromatic carbocycles. The Balaban J connectivity index is 2.59. The molecule has 0 aliphatic carbocycles. The number of halogens is 2. The Morgan fingerprint density at radius 2 is 1.57 bits per heavy atom. The third-order valence-corrected chi connectivity index (χ3v) is 5.30. The molecule has 0 atom stereocenters. The average Bonchev–Trinajstić information content (AvgIpc) is 2.54. The molecule has 23 heavy (non-hydrogen) atoms. The van der Waals surface area contributed by atoms with Gasteiger partial charge in [-0.25, -0.2) is 0 Å². The smallest absolute Gasteiger partial charge is 0.161 e. The highest BCUT2D eigenvalue weighted by Crippen LogP contribution is 2.34. The molecule has 0 bridgehead atoms. The predicted molar refractivity (Wildman–Crippen MR) is 113 cm³/mol. The van der Waals surface area contributed by atoms with E-state index >= 15 is 0 Å². The van der Waals surface area contributed by atoms with Gasteiger partial charge in [-0.3, -0.25) is 0 Å². The van der Waals surface area contributed by atoms with Crippen molar-refractivity contribution in [2.45, 2.75) is 0 Å². The molecular formula is C18H19I2NO2. The van der Waals surface area contributed by atoms with Crippen LogP contribution in [0.15, 0.2) is 36.4 Å². The van der Waals surface area contributed by atoms with Gasteiger partial charge in [0.1, 0.15) is 0 Å².